The molecule has 2 aliphatic rings. The van der Waals surface area contributed by atoms with Crippen LogP contribution in [0.2, 0.25) is 0 Å². The summed E-state index contributed by atoms with van der Waals surface area (Å²) < 4.78 is 6.00. The molecule has 2 aliphatic carbocycles. The zero-order valence-electron chi connectivity index (χ0n) is 13.8. The van der Waals surface area contributed by atoms with E-state index in [1.54, 1.807) is 0 Å². The van der Waals surface area contributed by atoms with Crippen LogP contribution in [0.1, 0.15) is 53.9 Å². The van der Waals surface area contributed by atoms with Crippen molar-refractivity contribution in [1.82, 2.24) is 0 Å². The summed E-state index contributed by atoms with van der Waals surface area (Å²) in [7, 11) is 0. The molecule has 0 aliphatic heterocycles. The van der Waals surface area contributed by atoms with E-state index in [-0.39, 0.29) is 11.5 Å². The van der Waals surface area contributed by atoms with Gasteiger partial charge in [-0.05, 0) is 53.4 Å². The summed E-state index contributed by atoms with van der Waals surface area (Å²) in [6.07, 6.45) is 3.90. The van der Waals surface area contributed by atoms with Crippen LogP contribution in [0.3, 0.4) is 0 Å². The molecule has 0 heterocycles. The second-order valence-corrected chi connectivity index (χ2v) is 10.00. The van der Waals surface area contributed by atoms with Gasteiger partial charge in [0.2, 0.25) is 0 Å². The van der Waals surface area contributed by atoms with Gasteiger partial charge in [-0.3, -0.25) is 0 Å². The summed E-state index contributed by atoms with van der Waals surface area (Å²) in [4.78, 5) is 0. The van der Waals surface area contributed by atoms with E-state index in [0.29, 0.717) is 16.0 Å². The molecule has 0 amide bonds. The van der Waals surface area contributed by atoms with Gasteiger partial charge < -0.3 is 4.74 Å². The number of thioether (sulfide) groups is 1. The highest BCUT2D eigenvalue weighted by molar-refractivity contribution is 7.99. The standard InChI is InChI=1S/C17H28Cl2OS/c1-15(2,3)10-21-11-17-7-6-12(16(17,4)5)8-13(17)20-14(19)9-18/h9,12-13H,6-8,10-11H2,1-5H3/b14-9-/t12-,13-,17-/m1/s1. The number of ether oxygens (including phenoxy) is 1. The lowest BCUT2D eigenvalue weighted by molar-refractivity contribution is 0.000245. The smallest absolute Gasteiger partial charge is 0.198 e. The summed E-state index contributed by atoms with van der Waals surface area (Å²) in [5.41, 5.74) is 2.27. The van der Waals surface area contributed by atoms with Crippen molar-refractivity contribution in [2.75, 3.05) is 11.5 Å². The molecule has 1 nitrogen and oxygen atoms in total. The lowest BCUT2D eigenvalue weighted by Crippen LogP contribution is -2.42. The van der Waals surface area contributed by atoms with E-state index >= 15 is 0 Å². The third kappa shape index (κ3) is 3.38. The molecule has 4 heteroatoms. The van der Waals surface area contributed by atoms with Gasteiger partial charge >= 0.3 is 0 Å². The zero-order valence-corrected chi connectivity index (χ0v) is 16.2. The average Bonchev–Trinajstić information content (AvgIpc) is 2.71. The van der Waals surface area contributed by atoms with Crippen molar-refractivity contribution in [3.05, 3.63) is 10.8 Å². The maximum absolute atomic E-state index is 6.04. The van der Waals surface area contributed by atoms with Crippen molar-refractivity contribution >= 4 is 35.0 Å². The third-order valence-electron chi connectivity index (χ3n) is 5.59. The van der Waals surface area contributed by atoms with Crippen LogP contribution in [0.5, 0.6) is 0 Å². The first-order valence-electron chi connectivity index (χ1n) is 7.83. The first-order chi connectivity index (χ1) is 9.62. The van der Waals surface area contributed by atoms with Crippen LogP contribution in [0.25, 0.3) is 0 Å². The van der Waals surface area contributed by atoms with Crippen molar-refractivity contribution in [3.8, 4) is 0 Å². The van der Waals surface area contributed by atoms with Crippen LogP contribution >= 0.6 is 35.0 Å². The van der Waals surface area contributed by atoms with E-state index in [2.05, 4.69) is 46.4 Å². The quantitative estimate of drug-likeness (QED) is 0.541. The lowest BCUT2D eigenvalue weighted by atomic mass is 9.69. The highest BCUT2D eigenvalue weighted by Gasteiger charge is 2.65. The fourth-order valence-electron chi connectivity index (χ4n) is 4.21. The molecule has 0 saturated heterocycles. The maximum atomic E-state index is 6.04. The molecular formula is C17H28Cl2OS. The number of hydrogen-bond acceptors (Lipinski definition) is 2. The van der Waals surface area contributed by atoms with E-state index in [0.717, 1.165) is 18.1 Å². The van der Waals surface area contributed by atoms with Crippen molar-refractivity contribution in [1.29, 1.82) is 0 Å². The minimum absolute atomic E-state index is 0.209. The summed E-state index contributed by atoms with van der Waals surface area (Å²) in [5, 5.41) is 0.338. The number of halogens is 2. The normalized spacial score (nSPS) is 35.3. The molecule has 0 aromatic rings. The van der Waals surface area contributed by atoms with Gasteiger partial charge in [-0.25, -0.2) is 0 Å². The van der Waals surface area contributed by atoms with Crippen LogP contribution < -0.4 is 0 Å². The molecule has 2 rings (SSSR count). The van der Waals surface area contributed by atoms with Gasteiger partial charge in [-0.15, -0.1) is 0 Å². The minimum atomic E-state index is 0.209. The Labute approximate surface area is 144 Å². The molecule has 3 atom stereocenters. The molecule has 122 valence electrons. The molecule has 0 aromatic heterocycles. The fraction of sp³-hybridized carbons (Fsp3) is 0.882. The van der Waals surface area contributed by atoms with Crippen LogP contribution in [-0.4, -0.2) is 17.6 Å². The largest absolute Gasteiger partial charge is 0.478 e. The molecule has 21 heavy (non-hydrogen) atoms. The van der Waals surface area contributed by atoms with E-state index in [4.69, 9.17) is 27.9 Å². The van der Waals surface area contributed by atoms with Crippen LogP contribution in [0.4, 0.5) is 0 Å². The van der Waals surface area contributed by atoms with Crippen LogP contribution in [0, 0.1) is 22.2 Å². The predicted molar refractivity (Wildman–Crippen MR) is 95.0 cm³/mol. The molecule has 0 spiro atoms. The Balaban J connectivity index is 2.13. The Morgan fingerprint density at radius 1 is 1.38 bits per heavy atom. The minimum Gasteiger partial charge on any atom is -0.478 e. The summed E-state index contributed by atoms with van der Waals surface area (Å²) in [5.74, 6) is 3.09. The first-order valence-corrected chi connectivity index (χ1v) is 9.79. The van der Waals surface area contributed by atoms with E-state index < -0.39 is 0 Å². The third-order valence-corrected chi connectivity index (χ3v) is 7.89. The Morgan fingerprint density at radius 2 is 2.05 bits per heavy atom. The van der Waals surface area contributed by atoms with E-state index in [9.17, 15) is 0 Å². The van der Waals surface area contributed by atoms with Crippen molar-refractivity contribution in [3.63, 3.8) is 0 Å². The molecule has 2 bridgehead atoms. The number of rotatable bonds is 5. The van der Waals surface area contributed by atoms with Gasteiger partial charge in [0.1, 0.15) is 6.10 Å². The molecular weight excluding hydrogens is 323 g/mol. The van der Waals surface area contributed by atoms with Gasteiger partial charge in [0, 0.05) is 11.2 Å². The Morgan fingerprint density at radius 3 is 2.57 bits per heavy atom. The summed E-state index contributed by atoms with van der Waals surface area (Å²) in [6, 6.07) is 0. The van der Waals surface area contributed by atoms with Crippen molar-refractivity contribution in [2.45, 2.75) is 60.0 Å². The lowest BCUT2D eigenvalue weighted by Gasteiger charge is -2.42. The van der Waals surface area contributed by atoms with Gasteiger partial charge in [0.05, 0.1) is 5.54 Å². The second kappa shape index (κ2) is 6.17. The number of hydrogen-bond donors (Lipinski definition) is 0. The van der Waals surface area contributed by atoms with Gasteiger partial charge in [-0.2, -0.15) is 11.8 Å². The Kier molecular flexibility index (Phi) is 5.23. The van der Waals surface area contributed by atoms with Gasteiger partial charge in [-0.1, -0.05) is 46.2 Å². The Bertz CT molecular complexity index is 414. The van der Waals surface area contributed by atoms with Crippen LogP contribution in [0.15, 0.2) is 10.8 Å². The SMILES string of the molecule is CC(C)(C)CSC[C@]12CC[C@H](C[C@H]1O/C(Cl)=C\Cl)C2(C)C. The summed E-state index contributed by atoms with van der Waals surface area (Å²) >= 11 is 13.8. The van der Waals surface area contributed by atoms with Gasteiger partial charge in [0.25, 0.3) is 0 Å². The van der Waals surface area contributed by atoms with E-state index in [1.807, 2.05) is 0 Å². The monoisotopic (exact) mass is 350 g/mol. The number of fused-ring (bicyclic) bond motifs is 2. The first kappa shape index (κ1) is 17.8. The molecule has 0 N–H and O–H groups in total. The second-order valence-electron chi connectivity index (χ2n) is 8.42. The molecule has 2 fully saturated rings. The average molecular weight is 351 g/mol. The predicted octanol–water partition coefficient (Wildman–Crippen LogP) is 6.25. The summed E-state index contributed by atoms with van der Waals surface area (Å²) in [6.45, 7) is 11.7. The van der Waals surface area contributed by atoms with Gasteiger partial charge in [0.15, 0.2) is 5.22 Å². The zero-order chi connectivity index (χ0) is 15.9. The van der Waals surface area contributed by atoms with Crippen LogP contribution in [-0.2, 0) is 4.74 Å². The highest BCUT2D eigenvalue weighted by Crippen LogP contribution is 2.67. The molecule has 0 unspecified atom stereocenters. The topological polar surface area (TPSA) is 9.23 Å². The molecule has 0 radical (unpaired) electrons. The maximum Gasteiger partial charge on any atom is 0.198 e. The molecule has 0 aromatic carbocycles. The van der Waals surface area contributed by atoms with E-state index in [1.165, 1.54) is 24.1 Å². The molecule has 2 saturated carbocycles. The van der Waals surface area contributed by atoms with Crippen molar-refractivity contribution < 1.29 is 4.74 Å². The fourth-order valence-corrected chi connectivity index (χ4v) is 6.15. The van der Waals surface area contributed by atoms with Crippen molar-refractivity contribution in [2.24, 2.45) is 22.2 Å². The Hall–Kier alpha value is 0.470. The highest BCUT2D eigenvalue weighted by atomic mass is 35.5.